The van der Waals surface area contributed by atoms with E-state index in [2.05, 4.69) is 15.4 Å². The van der Waals surface area contributed by atoms with E-state index in [9.17, 15) is 9.59 Å². The second-order valence-electron chi connectivity index (χ2n) is 6.95. The lowest BCUT2D eigenvalue weighted by molar-refractivity contribution is -0.122. The summed E-state index contributed by atoms with van der Waals surface area (Å²) in [7, 11) is 1.94. The van der Waals surface area contributed by atoms with E-state index in [0.717, 1.165) is 22.6 Å². The van der Waals surface area contributed by atoms with Crippen molar-refractivity contribution in [2.45, 2.75) is 46.7 Å². The topological polar surface area (TPSA) is 81.8 Å². The highest BCUT2D eigenvalue weighted by Gasteiger charge is 2.20. The number of carbonyl (C=O) groups is 2. The Hall–Kier alpha value is -2.96. The Kier molecular flexibility index (Phi) is 5.12. The van der Waals surface area contributed by atoms with Crippen molar-refractivity contribution in [2.75, 3.05) is 0 Å². The summed E-state index contributed by atoms with van der Waals surface area (Å²) in [5, 5.41) is 7.38. The van der Waals surface area contributed by atoms with Crippen molar-refractivity contribution in [3.8, 4) is 0 Å². The SMILES string of the molecule is CC(=O)c1c(C)nn([C@@H](C)CC(=O)NCc2nc3ccccc3n2C)c1C. The molecule has 7 nitrogen and oxygen atoms in total. The van der Waals surface area contributed by atoms with Crippen LogP contribution in [0.15, 0.2) is 24.3 Å². The molecule has 0 unspecified atom stereocenters. The standard InChI is InChI=1S/C20H25N5O2/c1-12(25-14(3)20(15(4)26)13(2)23-25)10-19(27)21-11-18-22-16-8-6-7-9-17(16)24(18)5/h6-9,12H,10-11H2,1-5H3,(H,21,27)/t12-/m0/s1. The minimum absolute atomic E-state index is 0.00486. The van der Waals surface area contributed by atoms with Crippen molar-refractivity contribution >= 4 is 22.7 Å². The number of benzene rings is 1. The fourth-order valence-electron chi connectivity index (χ4n) is 3.56. The summed E-state index contributed by atoms with van der Waals surface area (Å²) in [6.45, 7) is 7.52. The van der Waals surface area contributed by atoms with Gasteiger partial charge in [-0.2, -0.15) is 5.10 Å². The summed E-state index contributed by atoms with van der Waals surface area (Å²) in [6.07, 6.45) is 0.281. The lowest BCUT2D eigenvalue weighted by Crippen LogP contribution is -2.27. The molecular formula is C20H25N5O2. The molecule has 1 amide bonds. The molecule has 142 valence electrons. The van der Waals surface area contributed by atoms with Crippen LogP contribution in [0.2, 0.25) is 0 Å². The van der Waals surface area contributed by atoms with E-state index < -0.39 is 0 Å². The average molecular weight is 367 g/mol. The van der Waals surface area contributed by atoms with E-state index in [1.54, 1.807) is 4.68 Å². The highest BCUT2D eigenvalue weighted by Crippen LogP contribution is 2.20. The van der Waals surface area contributed by atoms with Gasteiger partial charge >= 0.3 is 0 Å². The number of fused-ring (bicyclic) bond motifs is 1. The average Bonchev–Trinajstić information content (AvgIpc) is 3.10. The van der Waals surface area contributed by atoms with Gasteiger partial charge in [-0.25, -0.2) is 4.98 Å². The lowest BCUT2D eigenvalue weighted by Gasteiger charge is -2.14. The molecule has 7 heteroatoms. The van der Waals surface area contributed by atoms with Crippen LogP contribution in [-0.4, -0.2) is 31.0 Å². The fraction of sp³-hybridized carbons (Fsp3) is 0.400. The Bertz CT molecular complexity index is 1010. The smallest absolute Gasteiger partial charge is 0.222 e. The number of carbonyl (C=O) groups excluding carboxylic acids is 2. The Morgan fingerprint density at radius 3 is 2.56 bits per heavy atom. The van der Waals surface area contributed by atoms with Crippen LogP contribution in [0, 0.1) is 13.8 Å². The van der Waals surface area contributed by atoms with Crippen molar-refractivity contribution in [1.29, 1.82) is 0 Å². The maximum absolute atomic E-state index is 12.4. The third-order valence-corrected chi connectivity index (χ3v) is 4.90. The van der Waals surface area contributed by atoms with Gasteiger partial charge in [0, 0.05) is 19.2 Å². The molecule has 3 aromatic rings. The molecule has 1 aromatic carbocycles. The van der Waals surface area contributed by atoms with Crippen LogP contribution in [0.5, 0.6) is 0 Å². The molecule has 1 N–H and O–H groups in total. The molecule has 2 heterocycles. The Balaban J connectivity index is 1.66. The van der Waals surface area contributed by atoms with Gasteiger partial charge in [0.15, 0.2) is 5.78 Å². The zero-order valence-corrected chi connectivity index (χ0v) is 16.4. The number of imidazole rings is 1. The lowest BCUT2D eigenvalue weighted by atomic mass is 10.1. The Morgan fingerprint density at radius 2 is 1.93 bits per heavy atom. The predicted octanol–water partition coefficient (Wildman–Crippen LogP) is 2.86. The summed E-state index contributed by atoms with van der Waals surface area (Å²) < 4.78 is 3.75. The molecule has 0 aliphatic rings. The minimum Gasteiger partial charge on any atom is -0.349 e. The molecule has 0 saturated heterocycles. The number of aromatic nitrogens is 4. The molecule has 2 aromatic heterocycles. The molecule has 27 heavy (non-hydrogen) atoms. The summed E-state index contributed by atoms with van der Waals surface area (Å²) in [6, 6.07) is 7.74. The molecule has 0 aliphatic carbocycles. The first-order valence-corrected chi connectivity index (χ1v) is 9.03. The zero-order valence-electron chi connectivity index (χ0n) is 16.4. The molecule has 0 aliphatic heterocycles. The third-order valence-electron chi connectivity index (χ3n) is 4.90. The molecular weight excluding hydrogens is 342 g/mol. The van der Waals surface area contributed by atoms with Crippen molar-refractivity contribution in [1.82, 2.24) is 24.6 Å². The molecule has 0 bridgehead atoms. The summed E-state index contributed by atoms with van der Waals surface area (Å²) in [5.41, 5.74) is 4.09. The van der Waals surface area contributed by atoms with Gasteiger partial charge in [0.1, 0.15) is 5.82 Å². The normalized spacial score (nSPS) is 12.3. The zero-order chi connectivity index (χ0) is 19.7. The second kappa shape index (κ2) is 7.34. The van der Waals surface area contributed by atoms with Gasteiger partial charge in [-0.15, -0.1) is 0 Å². The number of hydrogen-bond acceptors (Lipinski definition) is 4. The first-order valence-electron chi connectivity index (χ1n) is 9.03. The number of Topliss-reactive ketones (excluding diaryl/α,β-unsaturated/α-hetero) is 1. The van der Waals surface area contributed by atoms with Crippen LogP contribution in [-0.2, 0) is 18.4 Å². The number of amides is 1. The van der Waals surface area contributed by atoms with Crippen molar-refractivity contribution < 1.29 is 9.59 Å². The van der Waals surface area contributed by atoms with Crippen molar-refractivity contribution in [3.63, 3.8) is 0 Å². The number of rotatable bonds is 6. The molecule has 0 saturated carbocycles. The van der Waals surface area contributed by atoms with Gasteiger partial charge in [0.05, 0.1) is 34.9 Å². The number of aryl methyl sites for hydroxylation is 2. The Labute approximate surface area is 158 Å². The highest BCUT2D eigenvalue weighted by molar-refractivity contribution is 5.96. The monoisotopic (exact) mass is 367 g/mol. The number of ketones is 1. The van der Waals surface area contributed by atoms with Crippen LogP contribution in [0.3, 0.4) is 0 Å². The van der Waals surface area contributed by atoms with Crippen LogP contribution in [0.1, 0.15) is 53.9 Å². The van der Waals surface area contributed by atoms with Crippen molar-refractivity contribution in [3.05, 3.63) is 47.0 Å². The molecule has 0 fully saturated rings. The quantitative estimate of drug-likeness (QED) is 0.679. The van der Waals surface area contributed by atoms with E-state index in [4.69, 9.17) is 0 Å². The van der Waals surface area contributed by atoms with E-state index in [0.29, 0.717) is 17.8 Å². The second-order valence-corrected chi connectivity index (χ2v) is 6.95. The van der Waals surface area contributed by atoms with Crippen LogP contribution in [0.25, 0.3) is 11.0 Å². The van der Waals surface area contributed by atoms with Crippen LogP contribution in [0.4, 0.5) is 0 Å². The van der Waals surface area contributed by atoms with E-state index in [1.165, 1.54) is 6.92 Å². The largest absolute Gasteiger partial charge is 0.349 e. The fourth-order valence-corrected chi connectivity index (χ4v) is 3.56. The first kappa shape index (κ1) is 18.8. The van der Waals surface area contributed by atoms with Gasteiger partial charge in [-0.05, 0) is 39.8 Å². The van der Waals surface area contributed by atoms with Gasteiger partial charge in [-0.1, -0.05) is 12.1 Å². The number of nitrogens with zero attached hydrogens (tertiary/aromatic N) is 4. The first-order chi connectivity index (χ1) is 12.8. The minimum atomic E-state index is -0.141. The van der Waals surface area contributed by atoms with Crippen molar-refractivity contribution in [2.24, 2.45) is 7.05 Å². The summed E-state index contributed by atoms with van der Waals surface area (Å²) in [4.78, 5) is 28.7. The number of para-hydroxylation sites is 2. The van der Waals surface area contributed by atoms with Gasteiger partial charge in [-0.3, -0.25) is 14.3 Å². The van der Waals surface area contributed by atoms with E-state index >= 15 is 0 Å². The molecule has 3 rings (SSSR count). The maximum atomic E-state index is 12.4. The predicted molar refractivity (Wildman–Crippen MR) is 104 cm³/mol. The van der Waals surface area contributed by atoms with Crippen LogP contribution >= 0.6 is 0 Å². The highest BCUT2D eigenvalue weighted by atomic mass is 16.1. The summed E-state index contributed by atoms with van der Waals surface area (Å²) >= 11 is 0. The maximum Gasteiger partial charge on any atom is 0.222 e. The number of nitrogens with one attached hydrogen (secondary N) is 1. The van der Waals surface area contributed by atoms with E-state index in [-0.39, 0.29) is 24.2 Å². The molecule has 0 spiro atoms. The summed E-state index contributed by atoms with van der Waals surface area (Å²) in [5.74, 6) is 0.725. The van der Waals surface area contributed by atoms with Gasteiger partial charge < -0.3 is 9.88 Å². The number of hydrogen-bond donors (Lipinski definition) is 1. The van der Waals surface area contributed by atoms with Gasteiger partial charge in [0.2, 0.25) is 5.91 Å². The Morgan fingerprint density at radius 1 is 1.22 bits per heavy atom. The van der Waals surface area contributed by atoms with E-state index in [1.807, 2.05) is 56.7 Å². The van der Waals surface area contributed by atoms with Crippen LogP contribution < -0.4 is 5.32 Å². The molecule has 1 atom stereocenters. The third kappa shape index (κ3) is 3.63. The van der Waals surface area contributed by atoms with Gasteiger partial charge in [0.25, 0.3) is 0 Å². The molecule has 0 radical (unpaired) electrons.